The van der Waals surface area contributed by atoms with E-state index in [1.807, 2.05) is 26.0 Å². The maximum absolute atomic E-state index is 11.0. The van der Waals surface area contributed by atoms with Crippen molar-refractivity contribution in [3.8, 4) is 0 Å². The smallest absolute Gasteiger partial charge is 0.292 e. The number of benzene rings is 1. The molecule has 1 aromatic rings. The Bertz CT molecular complexity index is 420. The van der Waals surface area contributed by atoms with Crippen LogP contribution in [0.5, 0.6) is 0 Å². The lowest BCUT2D eigenvalue weighted by molar-refractivity contribution is -0.384. The van der Waals surface area contributed by atoms with Crippen LogP contribution in [-0.4, -0.2) is 18.0 Å². The Kier molecular flexibility index (Phi) is 5.33. The Balaban J connectivity index is 0.000000861. The molecule has 19 heavy (non-hydrogen) atoms. The van der Waals surface area contributed by atoms with Crippen molar-refractivity contribution >= 4 is 11.4 Å². The molecule has 1 saturated heterocycles. The number of para-hydroxylation sites is 2. The fourth-order valence-electron chi connectivity index (χ4n) is 2.24. The van der Waals surface area contributed by atoms with Crippen molar-refractivity contribution in [2.75, 3.05) is 18.0 Å². The summed E-state index contributed by atoms with van der Waals surface area (Å²) >= 11 is 0. The zero-order valence-corrected chi connectivity index (χ0v) is 12.3. The summed E-state index contributed by atoms with van der Waals surface area (Å²) in [5.41, 5.74) is 1.33. The first-order valence-electron chi connectivity index (χ1n) is 6.98. The Morgan fingerprint density at radius 3 is 2.21 bits per heavy atom. The lowest BCUT2D eigenvalue weighted by Gasteiger charge is -2.37. The molecule has 1 aliphatic heterocycles. The van der Waals surface area contributed by atoms with Gasteiger partial charge in [0.2, 0.25) is 0 Å². The SMILES string of the molecule is CC.CC1(C)CCN(c2ccccc2[N+](=O)[O-])CC1. The summed E-state index contributed by atoms with van der Waals surface area (Å²) in [6.45, 7) is 10.3. The molecule has 2 rings (SSSR count). The van der Waals surface area contributed by atoms with Crippen molar-refractivity contribution in [3.63, 3.8) is 0 Å². The monoisotopic (exact) mass is 264 g/mol. The Morgan fingerprint density at radius 1 is 1.16 bits per heavy atom. The summed E-state index contributed by atoms with van der Waals surface area (Å²) in [4.78, 5) is 12.8. The molecule has 0 amide bonds. The molecule has 0 aromatic heterocycles. The molecule has 4 nitrogen and oxygen atoms in total. The van der Waals surface area contributed by atoms with Crippen LogP contribution in [0.3, 0.4) is 0 Å². The minimum Gasteiger partial charge on any atom is -0.366 e. The second kappa shape index (κ2) is 6.55. The summed E-state index contributed by atoms with van der Waals surface area (Å²) in [5.74, 6) is 0. The van der Waals surface area contributed by atoms with Crippen molar-refractivity contribution in [2.45, 2.75) is 40.5 Å². The lowest BCUT2D eigenvalue weighted by Crippen LogP contribution is -2.37. The summed E-state index contributed by atoms with van der Waals surface area (Å²) in [6.07, 6.45) is 2.16. The highest BCUT2D eigenvalue weighted by Crippen LogP contribution is 2.35. The first-order valence-corrected chi connectivity index (χ1v) is 6.98. The second-order valence-corrected chi connectivity index (χ2v) is 5.40. The molecular weight excluding hydrogens is 240 g/mol. The van der Waals surface area contributed by atoms with Gasteiger partial charge in [0.25, 0.3) is 5.69 Å². The number of anilines is 1. The molecule has 4 heteroatoms. The molecule has 0 N–H and O–H groups in total. The maximum atomic E-state index is 11.0. The largest absolute Gasteiger partial charge is 0.366 e. The Labute approximate surface area is 115 Å². The van der Waals surface area contributed by atoms with E-state index in [-0.39, 0.29) is 10.6 Å². The van der Waals surface area contributed by atoms with Gasteiger partial charge in [-0.15, -0.1) is 0 Å². The number of hydrogen-bond acceptors (Lipinski definition) is 3. The fraction of sp³-hybridized carbons (Fsp3) is 0.600. The summed E-state index contributed by atoms with van der Waals surface area (Å²) in [5, 5.41) is 11.0. The second-order valence-electron chi connectivity index (χ2n) is 5.40. The van der Waals surface area contributed by atoms with Gasteiger partial charge >= 0.3 is 0 Å². The van der Waals surface area contributed by atoms with Crippen LogP contribution in [0.2, 0.25) is 0 Å². The molecule has 0 atom stereocenters. The molecule has 0 radical (unpaired) electrons. The van der Waals surface area contributed by atoms with E-state index in [1.165, 1.54) is 0 Å². The topological polar surface area (TPSA) is 46.4 Å². The predicted molar refractivity (Wildman–Crippen MR) is 79.7 cm³/mol. The first-order chi connectivity index (χ1) is 8.99. The van der Waals surface area contributed by atoms with Gasteiger partial charge in [0.1, 0.15) is 5.69 Å². The van der Waals surface area contributed by atoms with Crippen molar-refractivity contribution < 1.29 is 4.92 Å². The quantitative estimate of drug-likeness (QED) is 0.592. The van der Waals surface area contributed by atoms with E-state index >= 15 is 0 Å². The van der Waals surface area contributed by atoms with Gasteiger partial charge in [-0.1, -0.05) is 39.8 Å². The molecule has 0 unspecified atom stereocenters. The number of nitro groups is 1. The van der Waals surface area contributed by atoms with Crippen LogP contribution >= 0.6 is 0 Å². The first kappa shape index (κ1) is 15.5. The van der Waals surface area contributed by atoms with E-state index in [9.17, 15) is 10.1 Å². The van der Waals surface area contributed by atoms with Crippen LogP contribution in [0.15, 0.2) is 24.3 Å². The van der Waals surface area contributed by atoms with Crippen LogP contribution in [0.25, 0.3) is 0 Å². The van der Waals surface area contributed by atoms with Crippen molar-refractivity contribution in [3.05, 3.63) is 34.4 Å². The van der Waals surface area contributed by atoms with Gasteiger partial charge in [-0.2, -0.15) is 0 Å². The standard InChI is InChI=1S/C13H18N2O2.C2H6/c1-13(2)7-9-14(10-8-13)11-5-3-4-6-12(11)15(16)17;1-2/h3-6H,7-10H2,1-2H3;1-2H3. The normalized spacial score (nSPS) is 17.4. The van der Waals surface area contributed by atoms with E-state index in [1.54, 1.807) is 12.1 Å². The average Bonchev–Trinajstić information content (AvgIpc) is 2.41. The van der Waals surface area contributed by atoms with E-state index < -0.39 is 0 Å². The third-order valence-electron chi connectivity index (χ3n) is 3.54. The summed E-state index contributed by atoms with van der Waals surface area (Å²) in [7, 11) is 0. The van der Waals surface area contributed by atoms with Crippen LogP contribution in [-0.2, 0) is 0 Å². The molecule has 1 aromatic carbocycles. The van der Waals surface area contributed by atoms with Crippen LogP contribution in [0, 0.1) is 15.5 Å². The lowest BCUT2D eigenvalue weighted by atomic mass is 9.82. The number of nitrogens with zero attached hydrogens (tertiary/aromatic N) is 2. The summed E-state index contributed by atoms with van der Waals surface area (Å²) in [6, 6.07) is 7.00. The van der Waals surface area contributed by atoms with Gasteiger partial charge in [-0.25, -0.2) is 0 Å². The molecule has 0 saturated carbocycles. The number of piperidine rings is 1. The third kappa shape index (κ3) is 3.94. The fourth-order valence-corrected chi connectivity index (χ4v) is 2.24. The van der Waals surface area contributed by atoms with Crippen LogP contribution < -0.4 is 4.90 Å². The molecule has 0 bridgehead atoms. The number of rotatable bonds is 2. The maximum Gasteiger partial charge on any atom is 0.292 e. The number of hydrogen-bond donors (Lipinski definition) is 0. The van der Waals surface area contributed by atoms with Crippen molar-refractivity contribution in [1.29, 1.82) is 0 Å². The van der Waals surface area contributed by atoms with Crippen LogP contribution in [0.1, 0.15) is 40.5 Å². The van der Waals surface area contributed by atoms with E-state index in [0.717, 1.165) is 31.6 Å². The highest BCUT2D eigenvalue weighted by Gasteiger charge is 2.28. The zero-order valence-electron chi connectivity index (χ0n) is 12.3. The van der Waals surface area contributed by atoms with Crippen molar-refractivity contribution in [1.82, 2.24) is 0 Å². The van der Waals surface area contributed by atoms with E-state index in [4.69, 9.17) is 0 Å². The van der Waals surface area contributed by atoms with Gasteiger partial charge in [0.05, 0.1) is 4.92 Å². The summed E-state index contributed by atoms with van der Waals surface area (Å²) < 4.78 is 0. The van der Waals surface area contributed by atoms with Gasteiger partial charge in [-0.05, 0) is 24.3 Å². The minimum absolute atomic E-state index is 0.215. The van der Waals surface area contributed by atoms with Gasteiger partial charge in [0.15, 0.2) is 0 Å². The zero-order chi connectivity index (χ0) is 14.5. The molecule has 0 spiro atoms. The van der Waals surface area contributed by atoms with E-state index in [2.05, 4.69) is 18.7 Å². The number of nitro benzene ring substituents is 1. The van der Waals surface area contributed by atoms with Crippen LogP contribution in [0.4, 0.5) is 11.4 Å². The highest BCUT2D eigenvalue weighted by atomic mass is 16.6. The van der Waals surface area contributed by atoms with E-state index in [0.29, 0.717) is 5.41 Å². The predicted octanol–water partition coefficient (Wildman–Crippen LogP) is 4.25. The highest BCUT2D eigenvalue weighted by molar-refractivity contribution is 5.63. The van der Waals surface area contributed by atoms with Crippen molar-refractivity contribution in [2.24, 2.45) is 5.41 Å². The molecule has 1 aliphatic rings. The molecule has 106 valence electrons. The van der Waals surface area contributed by atoms with Gasteiger partial charge in [-0.3, -0.25) is 10.1 Å². The third-order valence-corrected chi connectivity index (χ3v) is 3.54. The Morgan fingerprint density at radius 2 is 1.68 bits per heavy atom. The molecule has 0 aliphatic carbocycles. The molecule has 1 fully saturated rings. The Hall–Kier alpha value is -1.58. The van der Waals surface area contributed by atoms with Gasteiger partial charge in [0, 0.05) is 19.2 Å². The average molecular weight is 264 g/mol. The van der Waals surface area contributed by atoms with Gasteiger partial charge < -0.3 is 4.90 Å². The minimum atomic E-state index is -0.297. The molecule has 1 heterocycles. The molecular formula is C15H24N2O2.